The van der Waals surface area contributed by atoms with Crippen LogP contribution in [0, 0.1) is 0 Å². The standard InChI is InChI=1S/C25H22BClN4O4/c1-4-22-25(2,3)35-26(34-22)17-5-11-20(12-6-17)33-23-21(30-14-13-28-16-30)15-29-31(24(23)32)19-9-7-18(27)8-10-19/h4-16H,1-3H3/b22-4-. The molecule has 0 unspecified atom stereocenters. The fourth-order valence-electron chi connectivity index (χ4n) is 3.85. The minimum atomic E-state index is -0.519. The lowest BCUT2D eigenvalue weighted by atomic mass is 9.79. The Hall–Kier alpha value is -3.82. The third kappa shape index (κ3) is 4.48. The second kappa shape index (κ2) is 9.09. The van der Waals surface area contributed by atoms with Gasteiger partial charge in [0.1, 0.15) is 22.8 Å². The molecule has 0 N–H and O–H groups in total. The maximum Gasteiger partial charge on any atom is 0.563 e. The van der Waals surface area contributed by atoms with Crippen LogP contribution >= 0.6 is 11.6 Å². The summed E-state index contributed by atoms with van der Waals surface area (Å²) in [7, 11) is -0.519. The van der Waals surface area contributed by atoms with E-state index in [0.29, 0.717) is 22.1 Å². The van der Waals surface area contributed by atoms with E-state index in [2.05, 4.69) is 10.1 Å². The van der Waals surface area contributed by atoms with Gasteiger partial charge in [-0.3, -0.25) is 4.79 Å². The van der Waals surface area contributed by atoms with Crippen molar-refractivity contribution in [3.8, 4) is 22.9 Å². The fraction of sp³-hybridized carbons (Fsp3) is 0.160. The van der Waals surface area contributed by atoms with E-state index in [0.717, 1.165) is 11.2 Å². The molecule has 4 aromatic rings. The second-order valence-electron chi connectivity index (χ2n) is 8.42. The molecule has 8 nitrogen and oxygen atoms in total. The number of benzene rings is 2. The number of hydrogen-bond acceptors (Lipinski definition) is 6. The fourth-order valence-corrected chi connectivity index (χ4v) is 3.97. The van der Waals surface area contributed by atoms with E-state index in [1.54, 1.807) is 65.9 Å². The molecule has 0 aliphatic carbocycles. The molecule has 10 heteroatoms. The van der Waals surface area contributed by atoms with Crippen molar-refractivity contribution in [3.63, 3.8) is 0 Å². The molecule has 0 saturated carbocycles. The molecule has 5 rings (SSSR count). The molecule has 0 amide bonds. The van der Waals surface area contributed by atoms with Crippen molar-refractivity contribution in [1.29, 1.82) is 0 Å². The number of allylic oxidation sites excluding steroid dienone is 1. The Balaban J connectivity index is 1.49. The van der Waals surface area contributed by atoms with Crippen molar-refractivity contribution >= 4 is 24.2 Å². The Morgan fingerprint density at radius 2 is 1.86 bits per heavy atom. The van der Waals surface area contributed by atoms with Crippen molar-refractivity contribution < 1.29 is 14.0 Å². The van der Waals surface area contributed by atoms with Crippen molar-refractivity contribution in [2.45, 2.75) is 26.4 Å². The summed E-state index contributed by atoms with van der Waals surface area (Å²) in [4.78, 5) is 17.5. The quantitative estimate of drug-likeness (QED) is 0.390. The lowest BCUT2D eigenvalue weighted by molar-refractivity contribution is 0.172. The van der Waals surface area contributed by atoms with E-state index in [1.807, 2.05) is 39.0 Å². The summed E-state index contributed by atoms with van der Waals surface area (Å²) < 4.78 is 21.0. The predicted octanol–water partition coefficient (Wildman–Crippen LogP) is 4.29. The molecule has 1 saturated heterocycles. The first kappa shape index (κ1) is 23.0. The summed E-state index contributed by atoms with van der Waals surface area (Å²) in [6.45, 7) is 5.85. The van der Waals surface area contributed by atoms with Gasteiger partial charge in [0.25, 0.3) is 0 Å². The summed E-state index contributed by atoms with van der Waals surface area (Å²) in [5.41, 5.74) is 0.936. The number of ether oxygens (including phenoxy) is 1. The molecule has 0 atom stereocenters. The van der Waals surface area contributed by atoms with Crippen LogP contribution in [0.3, 0.4) is 0 Å². The normalized spacial score (nSPS) is 15.9. The van der Waals surface area contributed by atoms with Crippen LogP contribution in [0.5, 0.6) is 11.5 Å². The van der Waals surface area contributed by atoms with E-state index in [4.69, 9.17) is 25.6 Å². The topological polar surface area (TPSA) is 80.4 Å². The average Bonchev–Trinajstić information content (AvgIpc) is 3.49. The third-order valence-electron chi connectivity index (χ3n) is 5.63. The Bertz CT molecular complexity index is 1430. The molecular formula is C25H22BClN4O4. The summed E-state index contributed by atoms with van der Waals surface area (Å²) in [6.07, 6.45) is 8.38. The zero-order valence-electron chi connectivity index (χ0n) is 19.4. The number of aromatic nitrogens is 4. The minimum Gasteiger partial charge on any atom is -0.534 e. The van der Waals surface area contributed by atoms with Crippen molar-refractivity contribution in [2.75, 3.05) is 0 Å². The van der Waals surface area contributed by atoms with Gasteiger partial charge in [0.05, 0.1) is 18.2 Å². The van der Waals surface area contributed by atoms with Crippen LogP contribution in [0.25, 0.3) is 11.4 Å². The van der Waals surface area contributed by atoms with E-state index in [-0.39, 0.29) is 5.75 Å². The number of nitrogens with zero attached hydrogens (tertiary/aromatic N) is 4. The maximum atomic E-state index is 13.5. The van der Waals surface area contributed by atoms with E-state index in [1.165, 1.54) is 4.68 Å². The van der Waals surface area contributed by atoms with E-state index >= 15 is 0 Å². The highest BCUT2D eigenvalue weighted by molar-refractivity contribution is 6.62. The molecule has 2 aromatic carbocycles. The van der Waals surface area contributed by atoms with Gasteiger partial charge in [0.15, 0.2) is 0 Å². The van der Waals surface area contributed by atoms with Crippen LogP contribution < -0.4 is 15.8 Å². The summed E-state index contributed by atoms with van der Waals surface area (Å²) in [5.74, 6) is 1.36. The van der Waals surface area contributed by atoms with Gasteiger partial charge in [-0.15, -0.1) is 0 Å². The lowest BCUT2D eigenvalue weighted by Gasteiger charge is -2.16. The van der Waals surface area contributed by atoms with Crippen LogP contribution in [0.4, 0.5) is 0 Å². The summed E-state index contributed by atoms with van der Waals surface area (Å²) in [6, 6.07) is 14.1. The summed E-state index contributed by atoms with van der Waals surface area (Å²) >= 11 is 6.00. The van der Waals surface area contributed by atoms with Gasteiger partial charge in [-0.1, -0.05) is 23.7 Å². The van der Waals surface area contributed by atoms with Gasteiger partial charge in [0.2, 0.25) is 5.75 Å². The second-order valence-corrected chi connectivity index (χ2v) is 8.86. The van der Waals surface area contributed by atoms with Crippen LogP contribution in [-0.4, -0.2) is 32.1 Å². The zero-order valence-corrected chi connectivity index (χ0v) is 20.1. The number of halogens is 1. The average molecular weight is 489 g/mol. The smallest absolute Gasteiger partial charge is 0.534 e. The SMILES string of the molecule is C/C=C1\OB(c2ccc(Oc3c(-n4ccnc4)cnn(-c4ccc(Cl)cc4)c3=O)cc2)OC1(C)C. The first-order valence-corrected chi connectivity index (χ1v) is 11.4. The molecule has 176 valence electrons. The van der Waals surface area contributed by atoms with Crippen LogP contribution in [0.15, 0.2) is 90.1 Å². The highest BCUT2D eigenvalue weighted by Crippen LogP contribution is 2.31. The molecule has 0 bridgehead atoms. The Morgan fingerprint density at radius 3 is 2.49 bits per heavy atom. The number of imidazole rings is 1. The first-order valence-electron chi connectivity index (χ1n) is 11.0. The molecule has 1 aliphatic heterocycles. The van der Waals surface area contributed by atoms with Crippen LogP contribution in [-0.2, 0) is 9.31 Å². The minimum absolute atomic E-state index is 0.103. The first-order chi connectivity index (χ1) is 16.9. The molecular weight excluding hydrogens is 467 g/mol. The van der Waals surface area contributed by atoms with Gasteiger partial charge in [-0.05, 0) is 68.7 Å². The third-order valence-corrected chi connectivity index (χ3v) is 5.88. The van der Waals surface area contributed by atoms with Gasteiger partial charge >= 0.3 is 12.7 Å². The maximum absolute atomic E-state index is 13.5. The Morgan fingerprint density at radius 1 is 1.11 bits per heavy atom. The molecule has 1 aliphatic rings. The predicted molar refractivity (Wildman–Crippen MR) is 134 cm³/mol. The van der Waals surface area contributed by atoms with E-state index < -0.39 is 18.3 Å². The Kier molecular flexibility index (Phi) is 5.96. The van der Waals surface area contributed by atoms with Gasteiger partial charge in [0, 0.05) is 17.4 Å². The highest BCUT2D eigenvalue weighted by atomic mass is 35.5. The number of hydrogen-bond donors (Lipinski definition) is 0. The van der Waals surface area contributed by atoms with Crippen molar-refractivity contribution in [3.05, 3.63) is 101 Å². The largest absolute Gasteiger partial charge is 0.563 e. The van der Waals surface area contributed by atoms with Crippen molar-refractivity contribution in [2.24, 2.45) is 0 Å². The molecule has 2 aromatic heterocycles. The monoisotopic (exact) mass is 488 g/mol. The van der Waals surface area contributed by atoms with Crippen LogP contribution in [0.1, 0.15) is 20.8 Å². The van der Waals surface area contributed by atoms with Gasteiger partial charge in [-0.25, -0.2) is 4.98 Å². The number of rotatable bonds is 5. The molecule has 0 radical (unpaired) electrons. The highest BCUT2D eigenvalue weighted by Gasteiger charge is 2.43. The summed E-state index contributed by atoms with van der Waals surface area (Å²) in [5, 5.41) is 4.89. The molecule has 0 spiro atoms. The van der Waals surface area contributed by atoms with E-state index in [9.17, 15) is 4.79 Å². The molecule has 3 heterocycles. The lowest BCUT2D eigenvalue weighted by Crippen LogP contribution is -2.34. The molecule has 35 heavy (non-hydrogen) atoms. The Labute approximate surface area is 207 Å². The van der Waals surface area contributed by atoms with Gasteiger partial charge in [-0.2, -0.15) is 9.78 Å². The van der Waals surface area contributed by atoms with Crippen molar-refractivity contribution in [1.82, 2.24) is 19.3 Å². The van der Waals surface area contributed by atoms with Gasteiger partial charge < -0.3 is 18.6 Å². The zero-order chi connectivity index (χ0) is 24.6. The molecule has 1 fully saturated rings. The van der Waals surface area contributed by atoms with Crippen LogP contribution in [0.2, 0.25) is 5.02 Å².